The lowest BCUT2D eigenvalue weighted by molar-refractivity contribution is -0.384. The summed E-state index contributed by atoms with van der Waals surface area (Å²) >= 11 is 0. The smallest absolute Gasteiger partial charge is 0.335 e. The number of benzene rings is 2. The molecule has 0 amide bonds. The van der Waals surface area contributed by atoms with Crippen LogP contribution >= 0.6 is 0 Å². The van der Waals surface area contributed by atoms with Crippen LogP contribution in [0.25, 0.3) is 11.1 Å². The fraction of sp³-hybridized carbons (Fsp3) is 0. The van der Waals surface area contributed by atoms with E-state index < -0.39 is 28.2 Å². The van der Waals surface area contributed by atoms with E-state index in [4.69, 9.17) is 5.11 Å². The van der Waals surface area contributed by atoms with Crippen molar-refractivity contribution in [3.63, 3.8) is 0 Å². The van der Waals surface area contributed by atoms with Crippen LogP contribution in [0.5, 0.6) is 0 Å². The maximum Gasteiger partial charge on any atom is 0.335 e. The normalized spacial score (nSPS) is 10.3. The molecule has 0 fully saturated rings. The topological polar surface area (TPSA) is 80.4 Å². The van der Waals surface area contributed by atoms with E-state index in [1.54, 1.807) is 0 Å². The number of nitro groups is 1. The molecule has 0 spiro atoms. The molecule has 0 atom stereocenters. The second-order valence-corrected chi connectivity index (χ2v) is 3.90. The SMILES string of the molecule is O=C(O)c1ccc(-c2cccc(F)c2F)c([N+](=O)[O-])c1. The highest BCUT2D eigenvalue weighted by Gasteiger charge is 2.21. The minimum Gasteiger partial charge on any atom is -0.478 e. The van der Waals surface area contributed by atoms with Crippen LogP contribution in [-0.4, -0.2) is 16.0 Å². The molecule has 102 valence electrons. The molecule has 20 heavy (non-hydrogen) atoms. The molecule has 2 aromatic carbocycles. The highest BCUT2D eigenvalue weighted by atomic mass is 19.2. The number of nitro benzene ring substituents is 1. The van der Waals surface area contributed by atoms with Gasteiger partial charge in [0.2, 0.25) is 0 Å². The van der Waals surface area contributed by atoms with Crippen molar-refractivity contribution in [2.75, 3.05) is 0 Å². The Balaban J connectivity index is 2.71. The molecule has 2 aromatic rings. The van der Waals surface area contributed by atoms with Crippen LogP contribution < -0.4 is 0 Å². The quantitative estimate of drug-likeness (QED) is 0.690. The third-order valence-electron chi connectivity index (χ3n) is 2.68. The highest BCUT2D eigenvalue weighted by molar-refractivity contribution is 5.90. The Morgan fingerprint density at radius 1 is 1.15 bits per heavy atom. The van der Waals surface area contributed by atoms with Gasteiger partial charge in [0.15, 0.2) is 11.6 Å². The van der Waals surface area contributed by atoms with Gasteiger partial charge in [-0.15, -0.1) is 0 Å². The molecule has 0 radical (unpaired) electrons. The number of hydrogen-bond donors (Lipinski definition) is 1. The molecule has 0 saturated heterocycles. The highest BCUT2D eigenvalue weighted by Crippen LogP contribution is 2.33. The summed E-state index contributed by atoms with van der Waals surface area (Å²) in [6.45, 7) is 0. The molecule has 7 heteroatoms. The molecule has 2 rings (SSSR count). The van der Waals surface area contributed by atoms with E-state index >= 15 is 0 Å². The van der Waals surface area contributed by atoms with Crippen molar-refractivity contribution in [3.8, 4) is 11.1 Å². The van der Waals surface area contributed by atoms with Gasteiger partial charge in [0.05, 0.1) is 16.1 Å². The fourth-order valence-corrected chi connectivity index (χ4v) is 1.76. The van der Waals surface area contributed by atoms with Gasteiger partial charge in [0.25, 0.3) is 5.69 Å². The molecule has 0 aromatic heterocycles. The summed E-state index contributed by atoms with van der Waals surface area (Å²) in [4.78, 5) is 20.9. The average Bonchev–Trinajstić information content (AvgIpc) is 2.41. The maximum absolute atomic E-state index is 13.7. The van der Waals surface area contributed by atoms with Gasteiger partial charge in [-0.05, 0) is 18.2 Å². The summed E-state index contributed by atoms with van der Waals surface area (Å²) in [5.41, 5.74) is -1.39. The number of nitrogens with zero attached hydrogens (tertiary/aromatic N) is 1. The summed E-state index contributed by atoms with van der Waals surface area (Å²) in [7, 11) is 0. The predicted molar refractivity (Wildman–Crippen MR) is 65.4 cm³/mol. The Hall–Kier alpha value is -2.83. The molecule has 0 heterocycles. The minimum atomic E-state index is -1.35. The molecule has 0 saturated carbocycles. The minimum absolute atomic E-state index is 0.183. The molecule has 1 N–H and O–H groups in total. The number of rotatable bonds is 3. The molecular formula is C13H7F2NO4. The summed E-state index contributed by atoms with van der Waals surface area (Å²) in [6, 6.07) is 6.26. The summed E-state index contributed by atoms with van der Waals surface area (Å²) in [5.74, 6) is -3.71. The number of carbonyl (C=O) groups is 1. The molecule has 0 aliphatic rings. The first-order chi connectivity index (χ1) is 9.41. The fourth-order valence-electron chi connectivity index (χ4n) is 1.76. The Morgan fingerprint density at radius 3 is 2.45 bits per heavy atom. The molecule has 0 aliphatic carbocycles. The zero-order valence-electron chi connectivity index (χ0n) is 9.84. The Kier molecular flexibility index (Phi) is 3.43. The number of carboxylic acids is 1. The van der Waals surface area contributed by atoms with Gasteiger partial charge < -0.3 is 5.11 Å². The van der Waals surface area contributed by atoms with Crippen LogP contribution in [-0.2, 0) is 0 Å². The lowest BCUT2D eigenvalue weighted by Gasteiger charge is -2.06. The van der Waals surface area contributed by atoms with Crippen LogP contribution in [0.4, 0.5) is 14.5 Å². The van der Waals surface area contributed by atoms with Crippen LogP contribution in [0.15, 0.2) is 36.4 Å². The zero-order valence-corrected chi connectivity index (χ0v) is 9.84. The van der Waals surface area contributed by atoms with E-state index in [1.165, 1.54) is 12.1 Å². The van der Waals surface area contributed by atoms with Crippen molar-refractivity contribution in [1.29, 1.82) is 0 Å². The zero-order chi connectivity index (χ0) is 14.9. The van der Waals surface area contributed by atoms with Crippen molar-refractivity contribution in [2.24, 2.45) is 0 Å². The van der Waals surface area contributed by atoms with Crippen molar-refractivity contribution in [2.45, 2.75) is 0 Å². The Morgan fingerprint density at radius 2 is 1.85 bits per heavy atom. The first kappa shape index (κ1) is 13.6. The van der Waals surface area contributed by atoms with Gasteiger partial charge in [-0.2, -0.15) is 0 Å². The summed E-state index contributed by atoms with van der Waals surface area (Å²) in [5, 5.41) is 19.8. The van der Waals surface area contributed by atoms with Crippen molar-refractivity contribution in [3.05, 3.63) is 63.7 Å². The van der Waals surface area contributed by atoms with E-state index in [0.717, 1.165) is 24.3 Å². The van der Waals surface area contributed by atoms with E-state index in [1.807, 2.05) is 0 Å². The van der Waals surface area contributed by atoms with Crippen LogP contribution in [0, 0.1) is 21.7 Å². The number of halogens is 2. The summed E-state index contributed by atoms with van der Waals surface area (Å²) in [6.07, 6.45) is 0. The monoisotopic (exact) mass is 279 g/mol. The Bertz CT molecular complexity index is 716. The third-order valence-corrected chi connectivity index (χ3v) is 2.68. The van der Waals surface area contributed by atoms with Crippen LogP contribution in [0.3, 0.4) is 0 Å². The van der Waals surface area contributed by atoms with Crippen molar-refractivity contribution < 1.29 is 23.6 Å². The summed E-state index contributed by atoms with van der Waals surface area (Å²) < 4.78 is 26.8. The van der Waals surface area contributed by atoms with Gasteiger partial charge in [0, 0.05) is 11.6 Å². The lowest BCUT2D eigenvalue weighted by Crippen LogP contribution is -2.00. The molecule has 0 aliphatic heterocycles. The third kappa shape index (κ3) is 2.33. The molecule has 5 nitrogen and oxygen atoms in total. The average molecular weight is 279 g/mol. The van der Waals surface area contributed by atoms with Crippen LogP contribution in [0.2, 0.25) is 0 Å². The van der Waals surface area contributed by atoms with E-state index in [2.05, 4.69) is 0 Å². The van der Waals surface area contributed by atoms with E-state index in [9.17, 15) is 23.7 Å². The second-order valence-electron chi connectivity index (χ2n) is 3.90. The number of carboxylic acid groups (broad SMARTS) is 1. The van der Waals surface area contributed by atoms with Gasteiger partial charge >= 0.3 is 5.97 Å². The van der Waals surface area contributed by atoms with Crippen molar-refractivity contribution >= 4 is 11.7 Å². The van der Waals surface area contributed by atoms with E-state index in [-0.39, 0.29) is 16.7 Å². The maximum atomic E-state index is 13.7. The van der Waals surface area contributed by atoms with Crippen molar-refractivity contribution in [1.82, 2.24) is 0 Å². The predicted octanol–water partition coefficient (Wildman–Crippen LogP) is 3.24. The number of hydrogen-bond acceptors (Lipinski definition) is 3. The standard InChI is InChI=1S/C13H7F2NO4/c14-10-3-1-2-9(12(10)15)8-5-4-7(13(17)18)6-11(8)16(19)20/h1-6H,(H,17,18). The van der Waals surface area contributed by atoms with E-state index in [0.29, 0.717) is 0 Å². The first-order valence-electron chi connectivity index (χ1n) is 5.38. The molecular weight excluding hydrogens is 272 g/mol. The lowest BCUT2D eigenvalue weighted by atomic mass is 10.0. The van der Waals surface area contributed by atoms with Crippen LogP contribution in [0.1, 0.15) is 10.4 Å². The Labute approximate surface area is 111 Å². The molecule has 0 unspecified atom stereocenters. The van der Waals surface area contributed by atoms with Gasteiger partial charge in [-0.3, -0.25) is 10.1 Å². The molecule has 0 bridgehead atoms. The van der Waals surface area contributed by atoms with Gasteiger partial charge in [-0.1, -0.05) is 12.1 Å². The number of aromatic carboxylic acids is 1. The van der Waals surface area contributed by atoms with Gasteiger partial charge in [-0.25, -0.2) is 13.6 Å². The second kappa shape index (κ2) is 5.04. The largest absolute Gasteiger partial charge is 0.478 e. The first-order valence-corrected chi connectivity index (χ1v) is 5.38. The van der Waals surface area contributed by atoms with Gasteiger partial charge in [0.1, 0.15) is 0 Å².